The van der Waals surface area contributed by atoms with Crippen molar-refractivity contribution in [3.8, 4) is 0 Å². The summed E-state index contributed by atoms with van der Waals surface area (Å²) in [7, 11) is 0. The van der Waals surface area contributed by atoms with E-state index in [4.69, 9.17) is 4.74 Å². The van der Waals surface area contributed by atoms with Crippen LogP contribution in [0.5, 0.6) is 0 Å². The number of ether oxygens (including phenoxy) is 1. The van der Waals surface area contributed by atoms with Gasteiger partial charge in [-0.2, -0.15) is 0 Å². The van der Waals surface area contributed by atoms with E-state index < -0.39 is 5.60 Å². The molecule has 1 unspecified atom stereocenters. The van der Waals surface area contributed by atoms with Gasteiger partial charge < -0.3 is 9.84 Å². The van der Waals surface area contributed by atoms with Crippen LogP contribution in [0.25, 0.3) is 0 Å². The minimum atomic E-state index is -0.883. The first-order valence-electron chi connectivity index (χ1n) is 5.18. The molecule has 1 aromatic rings. The number of hydrogen-bond acceptors (Lipinski definition) is 2. The van der Waals surface area contributed by atoms with Crippen molar-refractivity contribution in [3.05, 3.63) is 33.5 Å². The molecule has 2 rings (SSSR count). The fourth-order valence-corrected chi connectivity index (χ4v) is 2.54. The van der Waals surface area contributed by atoms with Gasteiger partial charge in [-0.1, -0.05) is 15.9 Å². The van der Waals surface area contributed by atoms with Crippen LogP contribution in [0, 0.1) is 5.82 Å². The molecule has 1 aliphatic rings. The van der Waals surface area contributed by atoms with E-state index in [0.29, 0.717) is 13.0 Å². The summed E-state index contributed by atoms with van der Waals surface area (Å²) in [5.74, 6) is -0.268. The first-order valence-corrected chi connectivity index (χ1v) is 5.98. The highest BCUT2D eigenvalue weighted by Crippen LogP contribution is 2.32. The van der Waals surface area contributed by atoms with E-state index in [2.05, 4.69) is 15.9 Å². The number of benzene rings is 1. The Balaban J connectivity index is 2.34. The highest BCUT2D eigenvalue weighted by molar-refractivity contribution is 9.10. The quantitative estimate of drug-likeness (QED) is 0.861. The molecule has 1 heterocycles. The summed E-state index contributed by atoms with van der Waals surface area (Å²) in [6.45, 7) is 3.79. The molecule has 0 fully saturated rings. The molecule has 0 amide bonds. The number of aliphatic hydroxyl groups is 1. The molecule has 1 aromatic carbocycles. The summed E-state index contributed by atoms with van der Waals surface area (Å²) >= 11 is 3.35. The molecular formula is C12H14BrFO2. The van der Waals surface area contributed by atoms with Gasteiger partial charge in [0.15, 0.2) is 0 Å². The zero-order valence-corrected chi connectivity index (χ0v) is 10.8. The molecule has 1 aliphatic heterocycles. The van der Waals surface area contributed by atoms with Crippen LogP contribution in [0.2, 0.25) is 0 Å². The molecule has 2 nitrogen and oxygen atoms in total. The van der Waals surface area contributed by atoms with Crippen molar-refractivity contribution in [2.75, 3.05) is 0 Å². The second-order valence-electron chi connectivity index (χ2n) is 4.68. The van der Waals surface area contributed by atoms with E-state index in [1.54, 1.807) is 13.8 Å². The highest BCUT2D eigenvalue weighted by atomic mass is 79.9. The molecule has 0 aliphatic carbocycles. The molecule has 0 saturated heterocycles. The smallest absolute Gasteiger partial charge is 0.124 e. The molecular weight excluding hydrogens is 275 g/mol. The Morgan fingerprint density at radius 3 is 2.81 bits per heavy atom. The third-order valence-electron chi connectivity index (χ3n) is 2.87. The van der Waals surface area contributed by atoms with Crippen LogP contribution >= 0.6 is 15.9 Å². The third-order valence-corrected chi connectivity index (χ3v) is 3.58. The van der Waals surface area contributed by atoms with Crippen LogP contribution in [0.1, 0.15) is 25.0 Å². The summed E-state index contributed by atoms with van der Waals surface area (Å²) in [5, 5.41) is 9.90. The van der Waals surface area contributed by atoms with Gasteiger partial charge in [-0.15, -0.1) is 0 Å². The lowest BCUT2D eigenvalue weighted by Crippen LogP contribution is -2.42. The van der Waals surface area contributed by atoms with Gasteiger partial charge in [0.25, 0.3) is 0 Å². The molecule has 0 saturated carbocycles. The Morgan fingerprint density at radius 1 is 1.50 bits per heavy atom. The molecule has 88 valence electrons. The predicted octanol–water partition coefficient (Wildman–Crippen LogP) is 2.80. The maximum atomic E-state index is 13.2. The maximum Gasteiger partial charge on any atom is 0.124 e. The summed E-state index contributed by atoms with van der Waals surface area (Å²) in [5.41, 5.74) is 0.998. The van der Waals surface area contributed by atoms with Gasteiger partial charge in [-0.05, 0) is 37.1 Å². The van der Waals surface area contributed by atoms with Crippen molar-refractivity contribution in [2.24, 2.45) is 0 Å². The minimum Gasteiger partial charge on any atom is -0.388 e. The molecule has 4 heteroatoms. The average molecular weight is 289 g/mol. The van der Waals surface area contributed by atoms with Crippen molar-refractivity contribution in [2.45, 2.75) is 38.6 Å². The maximum absolute atomic E-state index is 13.2. The zero-order valence-electron chi connectivity index (χ0n) is 9.26. The summed E-state index contributed by atoms with van der Waals surface area (Å²) in [4.78, 5) is 0. The Hall–Kier alpha value is -0.450. The first-order chi connectivity index (χ1) is 7.38. The third kappa shape index (κ3) is 2.29. The predicted molar refractivity (Wildman–Crippen MR) is 62.7 cm³/mol. The lowest BCUT2D eigenvalue weighted by molar-refractivity contribution is -0.101. The van der Waals surface area contributed by atoms with E-state index in [1.807, 2.05) is 0 Å². The van der Waals surface area contributed by atoms with E-state index in [0.717, 1.165) is 15.6 Å². The number of hydrogen-bond donors (Lipinski definition) is 1. The minimum absolute atomic E-state index is 0.248. The van der Waals surface area contributed by atoms with Crippen molar-refractivity contribution in [1.29, 1.82) is 0 Å². The van der Waals surface area contributed by atoms with Crippen molar-refractivity contribution in [3.63, 3.8) is 0 Å². The SMILES string of the molecule is CC(C)(O)C1Cc2c(Br)cc(F)cc2CO1. The van der Waals surface area contributed by atoms with Crippen LogP contribution in [-0.4, -0.2) is 16.8 Å². The normalized spacial score (nSPS) is 20.7. The Labute approximate surface area is 103 Å². The van der Waals surface area contributed by atoms with Crippen LogP contribution in [0.15, 0.2) is 16.6 Å². The van der Waals surface area contributed by atoms with E-state index >= 15 is 0 Å². The van der Waals surface area contributed by atoms with Crippen LogP contribution in [0.4, 0.5) is 4.39 Å². The molecule has 1 N–H and O–H groups in total. The average Bonchev–Trinajstić information content (AvgIpc) is 2.15. The largest absolute Gasteiger partial charge is 0.388 e. The van der Waals surface area contributed by atoms with Gasteiger partial charge in [0.2, 0.25) is 0 Å². The lowest BCUT2D eigenvalue weighted by atomic mass is 9.90. The Kier molecular flexibility index (Phi) is 3.07. The summed E-state index contributed by atoms with van der Waals surface area (Å²) in [6.07, 6.45) is 0.349. The van der Waals surface area contributed by atoms with Gasteiger partial charge in [0.1, 0.15) is 5.82 Å². The molecule has 1 atom stereocenters. The van der Waals surface area contributed by atoms with Crippen molar-refractivity contribution in [1.82, 2.24) is 0 Å². The standard InChI is InChI=1S/C12H14BrFO2/c1-12(2,15)11-5-9-7(6-16-11)3-8(14)4-10(9)13/h3-4,11,15H,5-6H2,1-2H3. The Bertz CT molecular complexity index is 412. The van der Waals surface area contributed by atoms with Gasteiger partial charge in [-0.3, -0.25) is 0 Å². The van der Waals surface area contributed by atoms with E-state index in [1.165, 1.54) is 12.1 Å². The summed E-state index contributed by atoms with van der Waals surface area (Å²) < 4.78 is 19.4. The molecule has 0 bridgehead atoms. The zero-order chi connectivity index (χ0) is 11.9. The number of rotatable bonds is 1. The Morgan fingerprint density at radius 2 is 2.19 bits per heavy atom. The molecule has 0 radical (unpaired) electrons. The van der Waals surface area contributed by atoms with Gasteiger partial charge >= 0.3 is 0 Å². The van der Waals surface area contributed by atoms with Crippen molar-refractivity contribution < 1.29 is 14.2 Å². The van der Waals surface area contributed by atoms with E-state index in [9.17, 15) is 9.50 Å². The summed E-state index contributed by atoms with van der Waals surface area (Å²) in [6, 6.07) is 2.94. The highest BCUT2D eigenvalue weighted by Gasteiger charge is 2.32. The van der Waals surface area contributed by atoms with Gasteiger partial charge in [0, 0.05) is 10.9 Å². The van der Waals surface area contributed by atoms with Gasteiger partial charge in [-0.25, -0.2) is 4.39 Å². The van der Waals surface area contributed by atoms with Crippen molar-refractivity contribution >= 4 is 15.9 Å². The lowest BCUT2D eigenvalue weighted by Gasteiger charge is -2.34. The monoisotopic (exact) mass is 288 g/mol. The van der Waals surface area contributed by atoms with Crippen LogP contribution < -0.4 is 0 Å². The van der Waals surface area contributed by atoms with Crippen LogP contribution in [-0.2, 0) is 17.8 Å². The fourth-order valence-electron chi connectivity index (χ4n) is 1.90. The molecule has 0 aromatic heterocycles. The van der Waals surface area contributed by atoms with Crippen LogP contribution in [0.3, 0.4) is 0 Å². The second kappa shape index (κ2) is 4.09. The second-order valence-corrected chi connectivity index (χ2v) is 5.54. The topological polar surface area (TPSA) is 29.5 Å². The molecule has 16 heavy (non-hydrogen) atoms. The number of fused-ring (bicyclic) bond motifs is 1. The molecule has 0 spiro atoms. The fraction of sp³-hybridized carbons (Fsp3) is 0.500. The van der Waals surface area contributed by atoms with Gasteiger partial charge in [0.05, 0.1) is 18.3 Å². The van der Waals surface area contributed by atoms with E-state index in [-0.39, 0.29) is 11.9 Å². The first kappa shape index (κ1) is 12.0. The number of halogens is 2.